The lowest BCUT2D eigenvalue weighted by molar-refractivity contribution is -0.144. The van der Waals surface area contributed by atoms with Crippen LogP contribution in [0.4, 0.5) is 0 Å². The second-order valence-electron chi connectivity index (χ2n) is 27.5. The number of aromatic amines is 1. The third-order valence-corrected chi connectivity index (χ3v) is 18.8. The second-order valence-corrected chi connectivity index (χ2v) is 29.5. The van der Waals surface area contributed by atoms with Crippen LogP contribution in [0, 0.1) is 11.8 Å². The number of thioether (sulfide) groups is 2. The lowest BCUT2D eigenvalue weighted by Gasteiger charge is -2.28. The fraction of sp³-hybridized carbons (Fsp3) is 0.606. The summed E-state index contributed by atoms with van der Waals surface area (Å²) in [6.45, 7) is 5.01. The number of hydrogen-bond donors (Lipinski definition) is 23. The monoisotopic (exact) mass is 1680 g/mol. The summed E-state index contributed by atoms with van der Waals surface area (Å²) in [5.41, 5.74) is 24.0. The maximum absolute atomic E-state index is 14.4. The molecule has 0 saturated heterocycles. The van der Waals surface area contributed by atoms with Gasteiger partial charge in [0.25, 0.3) is 0 Å². The zero-order chi connectivity index (χ0) is 87.3. The zero-order valence-corrected chi connectivity index (χ0v) is 67.3. The molecule has 116 heavy (non-hydrogen) atoms. The predicted molar refractivity (Wildman–Crippen MR) is 419 cm³/mol. The predicted octanol–water partition coefficient (Wildman–Crippen LogP) is -7.12. The zero-order valence-electron chi connectivity index (χ0n) is 65.7. The molecule has 14 atom stereocenters. The summed E-state index contributed by atoms with van der Waals surface area (Å²) in [7, 11) is 0. The van der Waals surface area contributed by atoms with Gasteiger partial charge < -0.3 is 123 Å². The van der Waals surface area contributed by atoms with Crippen molar-refractivity contribution in [1.29, 1.82) is 0 Å². The molecule has 45 heteroatoms. The molecule has 0 saturated carbocycles. The Morgan fingerprint density at radius 2 is 0.905 bits per heavy atom. The first-order chi connectivity index (χ1) is 54.8. The van der Waals surface area contributed by atoms with Crippen molar-refractivity contribution in [3.63, 3.8) is 0 Å². The average molecular weight is 1680 g/mol. The Balaban J connectivity index is 2.31. The minimum absolute atomic E-state index is 0.0630. The number of hydrogen-bond acceptors (Lipinski definition) is 25. The van der Waals surface area contributed by atoms with Gasteiger partial charge in [0, 0.05) is 31.2 Å². The Kier molecular flexibility index (Phi) is 46.9. The molecule has 43 nitrogen and oxygen atoms in total. The van der Waals surface area contributed by atoms with E-state index in [2.05, 4.69) is 84.4 Å². The summed E-state index contributed by atoms with van der Waals surface area (Å²) in [5, 5.41) is 72.0. The van der Waals surface area contributed by atoms with Crippen LogP contribution in [-0.2, 0) is 104 Å². The number of carbonyl (C=O) groups is 19. The fourth-order valence-corrected chi connectivity index (χ4v) is 11.9. The van der Waals surface area contributed by atoms with Gasteiger partial charge in [-0.15, -0.1) is 0 Å². The molecule has 16 amide bonds. The van der Waals surface area contributed by atoms with Crippen LogP contribution in [0.5, 0.6) is 0 Å². The molecule has 0 spiro atoms. The Labute approximate surface area is 677 Å². The highest BCUT2D eigenvalue weighted by molar-refractivity contribution is 7.98. The molecule has 27 N–H and O–H groups in total. The van der Waals surface area contributed by atoms with Gasteiger partial charge in [0.1, 0.15) is 72.5 Å². The van der Waals surface area contributed by atoms with E-state index in [4.69, 9.17) is 22.9 Å². The van der Waals surface area contributed by atoms with Gasteiger partial charge in [-0.05, 0) is 113 Å². The van der Waals surface area contributed by atoms with Crippen molar-refractivity contribution in [2.45, 2.75) is 209 Å². The number of aliphatic hydroxyl groups excluding tert-OH is 1. The normalized spacial score (nSPS) is 14.6. The SMILES string of the molecule is CC[C@H](C)[C@H](NC(=O)[C@H](CO)NC(=O)[C@H](CC(N)=O)NC(=O)[C@H](CCC(=O)O)NC(=O)[C@H](C)NC(=O)[C@H](CCCCN)NC(=O)[C@H](CC(C)C)NC(=O)[C@H](CCC(=O)O)NC(=O)[C@H](CCSC)NC(=O)[C@H](CC(N)=O)NC(=O)CNC(=O)CNC(=O)[C@H](CCSC)NC(=O)[C@H](Cc1cnc[nH]1)NC(=O)[C@@H](N)Cc1ccccc1)C(=O)O. The Bertz CT molecular complexity index is 3660. The van der Waals surface area contributed by atoms with Crippen LogP contribution in [0.1, 0.15) is 129 Å². The average Bonchev–Trinajstić information content (AvgIpc) is 1.55. The van der Waals surface area contributed by atoms with E-state index < -0.39 is 261 Å². The van der Waals surface area contributed by atoms with Gasteiger partial charge in [0.15, 0.2) is 0 Å². The smallest absolute Gasteiger partial charge is 0.326 e. The fourth-order valence-electron chi connectivity index (χ4n) is 10.9. The highest BCUT2D eigenvalue weighted by Crippen LogP contribution is 2.14. The molecule has 0 fully saturated rings. The van der Waals surface area contributed by atoms with Gasteiger partial charge in [0.2, 0.25) is 94.5 Å². The number of benzene rings is 1. The van der Waals surface area contributed by atoms with E-state index in [1.54, 1.807) is 63.6 Å². The maximum atomic E-state index is 14.4. The van der Waals surface area contributed by atoms with Crippen LogP contribution in [0.25, 0.3) is 0 Å². The first-order valence-corrected chi connectivity index (χ1v) is 40.0. The van der Waals surface area contributed by atoms with E-state index in [0.717, 1.165) is 12.5 Å². The van der Waals surface area contributed by atoms with Gasteiger partial charge in [0.05, 0.1) is 44.9 Å². The van der Waals surface area contributed by atoms with Crippen molar-refractivity contribution in [3.05, 3.63) is 54.1 Å². The second kappa shape index (κ2) is 53.9. The summed E-state index contributed by atoms with van der Waals surface area (Å²) in [6.07, 6.45) is 1.93. The van der Waals surface area contributed by atoms with E-state index in [0.29, 0.717) is 24.3 Å². The lowest BCUT2D eigenvalue weighted by atomic mass is 9.99. The van der Waals surface area contributed by atoms with Crippen LogP contribution in [0.3, 0.4) is 0 Å². The molecule has 2 aromatic rings. The summed E-state index contributed by atoms with van der Waals surface area (Å²) in [4.78, 5) is 259. The van der Waals surface area contributed by atoms with Crippen LogP contribution in [0.2, 0.25) is 0 Å². The molecule has 1 aromatic heterocycles. The van der Waals surface area contributed by atoms with Crippen molar-refractivity contribution in [1.82, 2.24) is 84.4 Å². The standard InChI is InChI=1S/C71H112N20O23S2/c1-8-37(4)58(71(113)114)91-70(112)51(34-92)90-69(111)50(30-53(75)94)89-63(105)43(17-19-56(97)98)82-59(101)38(5)80-62(104)42(16-12-13-23-72)83-66(108)47(26-36(2)3)88-64(106)44(18-20-57(99)100)84-65(107)46(22-25-116-7)86-68(110)49(29-52(74)93)81-55(96)33-77-54(95)32-78-61(103)45(21-24-115-6)85-67(109)48(28-40-31-76-35-79-40)87-60(102)41(73)27-39-14-10-9-11-15-39/h9-11,14-15,31,35-38,41-51,58,92H,8,12-13,16-30,32-34,72-73H2,1-7H3,(H2,74,93)(H2,75,94)(H,76,79)(H,77,95)(H,78,103)(H,80,104)(H,81,96)(H,82,101)(H,83,108)(H,84,107)(H,85,109)(H,86,110)(H,87,102)(H,88,106)(H,89,105)(H,90,111)(H,91,112)(H,97,98)(H,99,100)(H,113,114)/t37-,38-,41-,42-,43-,44-,45-,46-,47-,48-,49-,50-,51-,58-/m0/s1. The third-order valence-electron chi connectivity index (χ3n) is 17.5. The number of carboxylic acids is 3. The van der Waals surface area contributed by atoms with Gasteiger partial charge >= 0.3 is 17.9 Å². The number of carboxylic acid groups (broad SMARTS) is 3. The minimum Gasteiger partial charge on any atom is -0.481 e. The number of aliphatic carboxylic acids is 3. The molecule has 1 aromatic carbocycles. The first kappa shape index (κ1) is 101. The van der Waals surface area contributed by atoms with Gasteiger partial charge in [-0.2, -0.15) is 23.5 Å². The number of H-pyrrole nitrogens is 1. The number of carbonyl (C=O) groups excluding carboxylic acids is 16. The number of imidazole rings is 1. The van der Waals surface area contributed by atoms with Crippen molar-refractivity contribution in [2.75, 3.05) is 50.3 Å². The van der Waals surface area contributed by atoms with Gasteiger partial charge in [-0.25, -0.2) is 9.78 Å². The van der Waals surface area contributed by atoms with Crippen LogP contribution in [-0.4, -0.2) is 272 Å². The highest BCUT2D eigenvalue weighted by Gasteiger charge is 2.38. The minimum atomic E-state index is -1.95. The number of aliphatic hydroxyl groups is 1. The molecule has 0 bridgehead atoms. The molecular weight excluding hydrogens is 1570 g/mol. The highest BCUT2D eigenvalue weighted by atomic mass is 32.2. The molecule has 1 heterocycles. The summed E-state index contributed by atoms with van der Waals surface area (Å²) < 4.78 is 0. The summed E-state index contributed by atoms with van der Waals surface area (Å²) in [6, 6.07) is -11.6. The topological polar surface area (TPSA) is 706 Å². The van der Waals surface area contributed by atoms with Gasteiger partial charge in [-0.1, -0.05) is 64.4 Å². The van der Waals surface area contributed by atoms with E-state index >= 15 is 0 Å². The van der Waals surface area contributed by atoms with E-state index in [-0.39, 0.29) is 57.2 Å². The Morgan fingerprint density at radius 1 is 0.474 bits per heavy atom. The maximum Gasteiger partial charge on any atom is 0.326 e. The number of nitrogens with two attached hydrogens (primary N) is 4. The number of rotatable bonds is 58. The number of unbranched alkanes of at least 4 members (excludes halogenated alkanes) is 1. The Hall–Kier alpha value is -11.1. The molecular formula is C71H112N20O23S2. The molecule has 0 aliphatic rings. The lowest BCUT2D eigenvalue weighted by Crippen LogP contribution is -2.61. The quantitative estimate of drug-likeness (QED) is 0.0274. The molecule has 0 aliphatic heterocycles. The molecule has 646 valence electrons. The van der Waals surface area contributed by atoms with E-state index in [1.807, 2.05) is 0 Å². The molecule has 0 unspecified atom stereocenters. The van der Waals surface area contributed by atoms with Crippen molar-refractivity contribution < 1.29 is 112 Å². The largest absolute Gasteiger partial charge is 0.481 e. The number of primary amides is 2. The van der Waals surface area contributed by atoms with Crippen LogP contribution in [0.15, 0.2) is 42.9 Å². The Morgan fingerprint density at radius 3 is 1.38 bits per heavy atom. The molecule has 0 aliphatic carbocycles. The van der Waals surface area contributed by atoms with E-state index in [1.165, 1.54) is 43.0 Å². The van der Waals surface area contributed by atoms with Crippen molar-refractivity contribution >= 4 is 136 Å². The van der Waals surface area contributed by atoms with Crippen LogP contribution < -0.4 is 97.4 Å². The number of amides is 16. The molecule has 0 radical (unpaired) electrons. The third kappa shape index (κ3) is 39.3. The van der Waals surface area contributed by atoms with Crippen molar-refractivity contribution in [2.24, 2.45) is 34.8 Å². The molecule has 2 rings (SSSR count). The summed E-state index contributed by atoms with van der Waals surface area (Å²) in [5.74, 6) is -21.8. The van der Waals surface area contributed by atoms with E-state index in [9.17, 15) is 112 Å². The summed E-state index contributed by atoms with van der Waals surface area (Å²) >= 11 is 2.55. The van der Waals surface area contributed by atoms with Crippen LogP contribution >= 0.6 is 23.5 Å². The number of aromatic nitrogens is 2. The van der Waals surface area contributed by atoms with Crippen molar-refractivity contribution in [3.8, 4) is 0 Å². The number of nitrogens with zero attached hydrogens (tertiary/aromatic N) is 1. The number of nitrogens with one attached hydrogen (secondary N) is 15. The first-order valence-electron chi connectivity index (χ1n) is 37.2. The van der Waals surface area contributed by atoms with Gasteiger partial charge in [-0.3, -0.25) is 86.3 Å².